The van der Waals surface area contributed by atoms with Gasteiger partial charge in [0.05, 0.1) is 11.5 Å². The third-order valence-electron chi connectivity index (χ3n) is 6.43. The Kier molecular flexibility index (Phi) is 5.27. The van der Waals surface area contributed by atoms with Gasteiger partial charge in [-0.2, -0.15) is 10.2 Å². The molecule has 2 aliphatic carbocycles. The van der Waals surface area contributed by atoms with Crippen LogP contribution in [0, 0.1) is 11.3 Å². The minimum atomic E-state index is -0.308. The number of nitrogens with zero attached hydrogens (tertiary/aromatic N) is 3. The van der Waals surface area contributed by atoms with Gasteiger partial charge in [0.1, 0.15) is 0 Å². The predicted octanol–water partition coefficient (Wildman–Crippen LogP) is 4.26. The molecule has 0 amide bonds. The highest BCUT2D eigenvalue weighted by molar-refractivity contribution is 5.33. The summed E-state index contributed by atoms with van der Waals surface area (Å²) in [7, 11) is 0. The first-order valence-electron chi connectivity index (χ1n) is 10.3. The van der Waals surface area contributed by atoms with Crippen molar-refractivity contribution in [3.8, 4) is 6.07 Å². The molecule has 27 heavy (non-hydrogen) atoms. The number of nitrogens with one attached hydrogen (secondary N) is 1. The Morgan fingerprint density at radius 3 is 2.59 bits per heavy atom. The topological polar surface area (TPSA) is 74.7 Å². The van der Waals surface area contributed by atoms with E-state index in [2.05, 4.69) is 33.7 Å². The summed E-state index contributed by atoms with van der Waals surface area (Å²) in [5.74, 6) is 2.01. The van der Waals surface area contributed by atoms with E-state index in [0.29, 0.717) is 18.0 Å². The molecule has 1 heterocycles. The van der Waals surface area contributed by atoms with Gasteiger partial charge >= 0.3 is 0 Å². The third-order valence-corrected chi connectivity index (χ3v) is 6.43. The van der Waals surface area contributed by atoms with E-state index >= 15 is 0 Å². The van der Waals surface area contributed by atoms with E-state index in [0.717, 1.165) is 63.1 Å². The number of rotatable bonds is 5. The third kappa shape index (κ3) is 3.77. The molecule has 2 aliphatic rings. The molecule has 2 atom stereocenters. The summed E-state index contributed by atoms with van der Waals surface area (Å²) in [6.45, 7) is 2.05. The standard InChI is InChI=1S/C22H28N4O/c1-2-20-25-21(27-26-20)16-8-9-19(14-16)24-18-10-12-22(15-23,13-11-18)17-6-4-3-5-7-17/h3-7,16,18-19,24H,2,8-14H2,1H3/t16-,18?,19?,22?/m0/s1. The molecule has 5 heteroatoms. The molecule has 0 radical (unpaired) electrons. The van der Waals surface area contributed by atoms with E-state index in [9.17, 15) is 5.26 Å². The highest BCUT2D eigenvalue weighted by atomic mass is 16.5. The molecule has 5 nitrogen and oxygen atoms in total. The summed E-state index contributed by atoms with van der Waals surface area (Å²) in [6.07, 6.45) is 8.16. The second-order valence-corrected chi connectivity index (χ2v) is 8.11. The second kappa shape index (κ2) is 7.82. The fourth-order valence-corrected chi connectivity index (χ4v) is 4.77. The molecular formula is C22H28N4O. The van der Waals surface area contributed by atoms with Gasteiger partial charge in [0.2, 0.25) is 5.89 Å². The Balaban J connectivity index is 1.31. The lowest BCUT2D eigenvalue weighted by Crippen LogP contribution is -2.42. The average Bonchev–Trinajstić information content (AvgIpc) is 3.39. The number of nitriles is 1. The van der Waals surface area contributed by atoms with Gasteiger partial charge in [0, 0.05) is 24.4 Å². The maximum Gasteiger partial charge on any atom is 0.229 e. The second-order valence-electron chi connectivity index (χ2n) is 8.11. The summed E-state index contributed by atoms with van der Waals surface area (Å²) >= 11 is 0. The van der Waals surface area contributed by atoms with Crippen LogP contribution in [0.2, 0.25) is 0 Å². The molecule has 4 rings (SSSR count). The van der Waals surface area contributed by atoms with Crippen LogP contribution < -0.4 is 5.32 Å². The highest BCUT2D eigenvalue weighted by Crippen LogP contribution is 2.40. The van der Waals surface area contributed by atoms with E-state index < -0.39 is 0 Å². The van der Waals surface area contributed by atoms with E-state index in [1.54, 1.807) is 0 Å². The molecule has 1 aromatic carbocycles. The van der Waals surface area contributed by atoms with Crippen LogP contribution in [0.5, 0.6) is 0 Å². The number of benzene rings is 1. The van der Waals surface area contributed by atoms with E-state index in [1.165, 1.54) is 5.56 Å². The molecule has 1 unspecified atom stereocenters. The maximum absolute atomic E-state index is 9.85. The lowest BCUT2D eigenvalue weighted by atomic mass is 9.69. The van der Waals surface area contributed by atoms with Gasteiger partial charge < -0.3 is 9.84 Å². The van der Waals surface area contributed by atoms with Crippen molar-refractivity contribution in [2.24, 2.45) is 0 Å². The Morgan fingerprint density at radius 2 is 1.93 bits per heavy atom. The number of aryl methyl sites for hydroxylation is 1. The first kappa shape index (κ1) is 18.2. The van der Waals surface area contributed by atoms with Crippen LogP contribution in [0.3, 0.4) is 0 Å². The molecule has 1 N–H and O–H groups in total. The Hall–Kier alpha value is -2.19. The summed E-state index contributed by atoms with van der Waals surface area (Å²) in [5, 5.41) is 17.7. The van der Waals surface area contributed by atoms with Crippen molar-refractivity contribution in [2.75, 3.05) is 0 Å². The molecule has 0 bridgehead atoms. The lowest BCUT2D eigenvalue weighted by molar-refractivity contribution is 0.274. The van der Waals surface area contributed by atoms with Gasteiger partial charge in [0.25, 0.3) is 0 Å². The van der Waals surface area contributed by atoms with Gasteiger partial charge in [0.15, 0.2) is 5.82 Å². The molecular weight excluding hydrogens is 336 g/mol. The van der Waals surface area contributed by atoms with E-state index in [4.69, 9.17) is 4.52 Å². The van der Waals surface area contributed by atoms with Crippen molar-refractivity contribution < 1.29 is 4.52 Å². The van der Waals surface area contributed by atoms with Crippen molar-refractivity contribution in [3.63, 3.8) is 0 Å². The molecule has 1 aromatic heterocycles. The Labute approximate surface area is 161 Å². The van der Waals surface area contributed by atoms with Crippen molar-refractivity contribution >= 4 is 0 Å². The van der Waals surface area contributed by atoms with Crippen LogP contribution in [0.25, 0.3) is 0 Å². The quantitative estimate of drug-likeness (QED) is 0.858. The molecule has 0 aliphatic heterocycles. The van der Waals surface area contributed by atoms with Gasteiger partial charge in [-0.1, -0.05) is 42.4 Å². The number of hydrogen-bond donors (Lipinski definition) is 1. The zero-order valence-electron chi connectivity index (χ0n) is 16.0. The first-order chi connectivity index (χ1) is 13.2. The molecule has 2 saturated carbocycles. The zero-order valence-corrected chi connectivity index (χ0v) is 16.0. The number of hydrogen-bond acceptors (Lipinski definition) is 5. The molecule has 2 aromatic rings. The smallest absolute Gasteiger partial charge is 0.229 e. The average molecular weight is 364 g/mol. The van der Waals surface area contributed by atoms with Gasteiger partial charge in [-0.3, -0.25) is 0 Å². The Bertz CT molecular complexity index is 786. The van der Waals surface area contributed by atoms with Gasteiger partial charge in [-0.15, -0.1) is 0 Å². The van der Waals surface area contributed by atoms with Crippen LogP contribution in [0.15, 0.2) is 34.9 Å². The van der Waals surface area contributed by atoms with E-state index in [1.807, 2.05) is 25.1 Å². The summed E-state index contributed by atoms with van der Waals surface area (Å²) in [5.41, 5.74) is 0.868. The highest BCUT2D eigenvalue weighted by Gasteiger charge is 2.38. The van der Waals surface area contributed by atoms with Crippen LogP contribution in [-0.4, -0.2) is 22.2 Å². The van der Waals surface area contributed by atoms with Crippen LogP contribution in [0.1, 0.15) is 75.1 Å². The predicted molar refractivity (Wildman–Crippen MR) is 103 cm³/mol. The fraction of sp³-hybridized carbons (Fsp3) is 0.591. The van der Waals surface area contributed by atoms with Crippen molar-refractivity contribution in [1.82, 2.24) is 15.5 Å². The summed E-state index contributed by atoms with van der Waals surface area (Å²) < 4.78 is 5.44. The minimum Gasteiger partial charge on any atom is -0.339 e. The SMILES string of the molecule is CCc1noc([C@H]2CCC(NC3CCC(C#N)(c4ccccc4)CC3)C2)n1. The van der Waals surface area contributed by atoms with Gasteiger partial charge in [-0.25, -0.2) is 0 Å². The van der Waals surface area contributed by atoms with Crippen LogP contribution in [0.4, 0.5) is 0 Å². The summed E-state index contributed by atoms with van der Waals surface area (Å²) in [6, 6.07) is 14.0. The molecule has 2 fully saturated rings. The summed E-state index contributed by atoms with van der Waals surface area (Å²) in [4.78, 5) is 4.51. The zero-order chi connectivity index (χ0) is 18.7. The number of aromatic nitrogens is 2. The van der Waals surface area contributed by atoms with E-state index in [-0.39, 0.29) is 5.41 Å². The van der Waals surface area contributed by atoms with Crippen LogP contribution in [-0.2, 0) is 11.8 Å². The fourth-order valence-electron chi connectivity index (χ4n) is 4.77. The maximum atomic E-state index is 9.85. The Morgan fingerprint density at radius 1 is 1.15 bits per heavy atom. The molecule has 0 spiro atoms. The van der Waals surface area contributed by atoms with Crippen molar-refractivity contribution in [1.29, 1.82) is 5.26 Å². The largest absolute Gasteiger partial charge is 0.339 e. The normalized spacial score (nSPS) is 30.9. The minimum absolute atomic E-state index is 0.308. The monoisotopic (exact) mass is 364 g/mol. The molecule has 142 valence electrons. The first-order valence-corrected chi connectivity index (χ1v) is 10.3. The lowest BCUT2D eigenvalue weighted by Gasteiger charge is -2.36. The van der Waals surface area contributed by atoms with Crippen molar-refractivity contribution in [2.45, 2.75) is 81.7 Å². The van der Waals surface area contributed by atoms with Gasteiger partial charge in [-0.05, 0) is 50.5 Å². The van der Waals surface area contributed by atoms with Crippen molar-refractivity contribution in [3.05, 3.63) is 47.6 Å². The molecule has 0 saturated heterocycles. The van der Waals surface area contributed by atoms with Crippen LogP contribution >= 0.6 is 0 Å².